The molecule has 1 atom stereocenters. The van der Waals surface area contributed by atoms with Crippen LogP contribution in [0.4, 0.5) is 14.4 Å². The van der Waals surface area contributed by atoms with Crippen LogP contribution in [-0.4, -0.2) is 237 Å². The lowest BCUT2D eigenvalue weighted by Gasteiger charge is -2.24. The molecule has 0 rings (SSSR count). The van der Waals surface area contributed by atoms with Crippen LogP contribution in [0.5, 0.6) is 0 Å². The third-order valence-electron chi connectivity index (χ3n) is 19.5. The number of unbranched alkanes of at least 4 members (excludes halogenated alkanes) is 30. The van der Waals surface area contributed by atoms with Crippen molar-refractivity contribution in [2.45, 2.75) is 389 Å². The highest BCUT2D eigenvalue weighted by Crippen LogP contribution is 2.23. The van der Waals surface area contributed by atoms with E-state index in [1.807, 2.05) is 59.0 Å². The van der Waals surface area contributed by atoms with E-state index < -0.39 is 35.8 Å². The van der Waals surface area contributed by atoms with E-state index >= 15 is 0 Å². The summed E-state index contributed by atoms with van der Waals surface area (Å²) in [7, 11) is 11.8. The van der Waals surface area contributed by atoms with E-state index in [1.165, 1.54) is 98.2 Å². The molecule has 0 aromatic rings. The van der Waals surface area contributed by atoms with Gasteiger partial charge in [-0.15, -0.1) is 0 Å². The van der Waals surface area contributed by atoms with E-state index in [1.54, 1.807) is 0 Å². The minimum absolute atomic E-state index is 0.129. The predicted molar refractivity (Wildman–Crippen MR) is 475 cm³/mol. The minimum Gasteiger partial charge on any atom is -0.464 e. The van der Waals surface area contributed by atoms with Crippen molar-refractivity contribution in [2.75, 3.05) is 132 Å². The lowest BCUT2D eigenvalue weighted by atomic mass is 10.0. The lowest BCUT2D eigenvalue weighted by Crippen LogP contribution is -2.40. The molecule has 0 aliphatic carbocycles. The zero-order valence-electron chi connectivity index (χ0n) is 75.3. The van der Waals surface area contributed by atoms with Crippen LogP contribution in [0.15, 0.2) is 0 Å². The van der Waals surface area contributed by atoms with Crippen molar-refractivity contribution in [1.82, 2.24) is 29.4 Å². The van der Waals surface area contributed by atoms with E-state index in [9.17, 15) is 43.2 Å². The number of thioether (sulfide) groups is 3. The third-order valence-corrected chi connectivity index (χ3v) is 22.5. The monoisotopic (exact) mass is 1660 g/mol. The van der Waals surface area contributed by atoms with Crippen LogP contribution in [0.1, 0.15) is 365 Å². The molecule has 0 saturated carbocycles. The standard InChI is InChI=1S/2C30H58N2O5S.C29H56N2O5S/c1-7-10-13-16-19-22-36-28(33)23-32(30(35)38-25-26(4)31(5)6)24-29(34)37-27(20-17-14-11-8-2)21-18-15-12-9-3;1-6-9-12-15-18-23-36-28(33)25-32(30(35)38-24-19-22-31(4)5)26-29(34)37-27(20-16-13-10-7-2)21-17-14-11-8-3;1-6-9-12-15-18-22-35-27(32)24-31(29(34)37-23-21-30(4)5)25-28(33)36-26(19-16-13-10-7-2)20-17-14-11-8-3/h26-27H,7-25H2,1-6H3;27H,6-26H2,1-5H3;26H,6-25H2,1-5H3. The first kappa shape index (κ1) is 113. The van der Waals surface area contributed by atoms with Gasteiger partial charge in [-0.1, -0.05) is 290 Å². The van der Waals surface area contributed by atoms with Crippen LogP contribution in [0.3, 0.4) is 0 Å². The summed E-state index contributed by atoms with van der Waals surface area (Å²) in [6, 6.07) is 0.184. The smallest absolute Gasteiger partial charge is 0.325 e. The molecule has 21 nitrogen and oxygen atoms in total. The van der Waals surface area contributed by atoms with Gasteiger partial charge in [0.05, 0.1) is 19.8 Å². The van der Waals surface area contributed by atoms with Gasteiger partial charge in [0.25, 0.3) is 15.7 Å². The fourth-order valence-corrected chi connectivity index (χ4v) is 14.7. The number of amides is 3. The molecule has 3 amide bonds. The average Bonchev–Trinajstić information content (AvgIpc) is 0.901. The Morgan fingerprint density at radius 3 is 0.743 bits per heavy atom. The Morgan fingerprint density at radius 2 is 0.496 bits per heavy atom. The maximum absolute atomic E-state index is 13.0. The molecule has 0 aliphatic heterocycles. The van der Waals surface area contributed by atoms with Crippen LogP contribution in [0.25, 0.3) is 0 Å². The molecular formula is C89H172N6O15S3. The van der Waals surface area contributed by atoms with Gasteiger partial charge in [-0.2, -0.15) is 0 Å². The van der Waals surface area contributed by atoms with E-state index in [-0.39, 0.29) is 79.3 Å². The molecule has 0 bridgehead atoms. The van der Waals surface area contributed by atoms with Gasteiger partial charge < -0.3 is 57.8 Å². The van der Waals surface area contributed by atoms with Crippen molar-refractivity contribution in [3.05, 3.63) is 0 Å². The minimum atomic E-state index is -0.474. The molecule has 24 heteroatoms. The van der Waals surface area contributed by atoms with Crippen LogP contribution in [0, 0.1) is 0 Å². The van der Waals surface area contributed by atoms with E-state index in [0.717, 1.165) is 260 Å². The topological polar surface area (TPSA) is 228 Å². The lowest BCUT2D eigenvalue weighted by molar-refractivity contribution is -0.153. The Bertz CT molecular complexity index is 2260. The highest BCUT2D eigenvalue weighted by Gasteiger charge is 2.28. The molecule has 666 valence electrons. The number of hydrogen-bond donors (Lipinski definition) is 0. The summed E-state index contributed by atoms with van der Waals surface area (Å²) in [4.78, 5) is 125. The molecule has 0 N–H and O–H groups in total. The number of carbonyl (C=O) groups excluding carboxylic acids is 9. The first-order valence-electron chi connectivity index (χ1n) is 45.2. The Kier molecular flexibility index (Phi) is 83.5. The van der Waals surface area contributed by atoms with Crippen LogP contribution >= 0.6 is 35.3 Å². The summed E-state index contributed by atoms with van der Waals surface area (Å²) in [6.07, 6.45) is 48.6. The van der Waals surface area contributed by atoms with Crippen molar-refractivity contribution >= 4 is 86.8 Å². The van der Waals surface area contributed by atoms with E-state index in [4.69, 9.17) is 28.4 Å². The zero-order valence-corrected chi connectivity index (χ0v) is 77.7. The van der Waals surface area contributed by atoms with Gasteiger partial charge in [0, 0.05) is 29.8 Å². The molecule has 0 aromatic heterocycles. The SMILES string of the molecule is CCCCCCCOC(=O)CN(CC(=O)OC(CCCCCC)CCCCCC)C(=O)SCC(C)N(C)C.CCCCCCCOC(=O)CN(CC(=O)OC(CCCCCC)CCCCCC)C(=O)SCCCN(C)C.CCCCCCCOC(=O)CN(CC(=O)OC(CCCCCC)CCCCCC)C(=O)SCCN(C)C. The number of nitrogens with zero attached hydrogens (tertiary/aromatic N) is 6. The fourth-order valence-electron chi connectivity index (χ4n) is 12.0. The summed E-state index contributed by atoms with van der Waals surface area (Å²) in [5.74, 6) is -0.941. The van der Waals surface area contributed by atoms with Gasteiger partial charge in [0.15, 0.2) is 0 Å². The Morgan fingerprint density at radius 1 is 0.265 bits per heavy atom. The molecule has 0 aliphatic rings. The van der Waals surface area contributed by atoms with Crippen LogP contribution in [-0.2, 0) is 57.2 Å². The molecule has 0 aromatic carbocycles. The molecule has 0 fully saturated rings. The van der Waals surface area contributed by atoms with Gasteiger partial charge in [-0.25, -0.2) is 0 Å². The largest absolute Gasteiger partial charge is 0.464 e. The second kappa shape index (κ2) is 83.2. The Hall–Kier alpha value is -3.84. The fraction of sp³-hybridized carbons (Fsp3) is 0.899. The first-order valence-corrected chi connectivity index (χ1v) is 48.1. The molecule has 113 heavy (non-hydrogen) atoms. The van der Waals surface area contributed by atoms with Crippen LogP contribution in [0.2, 0.25) is 0 Å². The van der Waals surface area contributed by atoms with Crippen LogP contribution < -0.4 is 0 Å². The average molecular weight is 1660 g/mol. The van der Waals surface area contributed by atoms with Crippen molar-refractivity contribution in [2.24, 2.45) is 0 Å². The summed E-state index contributed by atoms with van der Waals surface area (Å²) >= 11 is 3.40. The summed E-state index contributed by atoms with van der Waals surface area (Å²) in [5, 5.41) is -0.859. The molecule has 0 spiro atoms. The van der Waals surface area contributed by atoms with Crippen molar-refractivity contribution in [1.29, 1.82) is 0 Å². The van der Waals surface area contributed by atoms with Gasteiger partial charge in [-0.3, -0.25) is 43.2 Å². The molecule has 0 heterocycles. The second-order valence-electron chi connectivity index (χ2n) is 31.5. The van der Waals surface area contributed by atoms with Gasteiger partial charge in [0.2, 0.25) is 0 Å². The number of ether oxygens (including phenoxy) is 6. The molecular weight excluding hydrogens is 1490 g/mol. The number of hydrogen-bond acceptors (Lipinski definition) is 21. The Labute approximate surface area is 704 Å². The summed E-state index contributed by atoms with van der Waals surface area (Å²) < 4.78 is 33.7. The summed E-state index contributed by atoms with van der Waals surface area (Å²) in [5.41, 5.74) is 0. The number of carbonyl (C=O) groups is 9. The van der Waals surface area contributed by atoms with E-state index in [2.05, 4.69) is 67.2 Å². The first-order chi connectivity index (χ1) is 54.4. The number of esters is 6. The number of rotatable bonds is 73. The van der Waals surface area contributed by atoms with Crippen molar-refractivity contribution < 1.29 is 71.6 Å². The highest BCUT2D eigenvalue weighted by molar-refractivity contribution is 8.14. The maximum Gasteiger partial charge on any atom is 0.325 e. The maximum atomic E-state index is 13.0. The van der Waals surface area contributed by atoms with Gasteiger partial charge in [0.1, 0.15) is 57.6 Å². The zero-order chi connectivity index (χ0) is 84.8. The van der Waals surface area contributed by atoms with Crippen molar-refractivity contribution in [3.8, 4) is 0 Å². The van der Waals surface area contributed by atoms with Crippen molar-refractivity contribution in [3.63, 3.8) is 0 Å². The summed E-state index contributed by atoms with van der Waals surface area (Å²) in [6.45, 7) is 22.9. The Balaban J connectivity index is -0.00000161. The highest BCUT2D eigenvalue weighted by atomic mass is 32.2. The molecule has 0 radical (unpaired) electrons. The quantitative estimate of drug-likeness (QED) is 0.0313. The van der Waals surface area contributed by atoms with Gasteiger partial charge in [-0.05, 0) is 158 Å². The molecule has 1 unspecified atom stereocenters. The predicted octanol–water partition coefficient (Wildman–Crippen LogP) is 22.0. The third kappa shape index (κ3) is 76.6. The second-order valence-corrected chi connectivity index (χ2v) is 34.5. The van der Waals surface area contributed by atoms with Gasteiger partial charge >= 0.3 is 35.8 Å². The van der Waals surface area contributed by atoms with E-state index in [0.29, 0.717) is 37.1 Å². The molecule has 0 saturated heterocycles. The normalized spacial score (nSPS) is 11.5.